The Morgan fingerprint density at radius 2 is 1.84 bits per heavy atom. The van der Waals surface area contributed by atoms with Gasteiger partial charge in [0.15, 0.2) is 0 Å². The number of nitrogens with two attached hydrogens (primary N) is 1. The third kappa shape index (κ3) is 5.80. The lowest BCUT2D eigenvalue weighted by molar-refractivity contribution is -0.0653. The maximum atomic E-state index is 6.06. The molecule has 0 amide bonds. The van der Waals surface area contributed by atoms with Crippen LogP contribution in [0.25, 0.3) is 0 Å². The zero-order valence-electron chi connectivity index (χ0n) is 13.4. The van der Waals surface area contributed by atoms with Crippen molar-refractivity contribution < 1.29 is 9.47 Å². The van der Waals surface area contributed by atoms with Crippen LogP contribution < -0.4 is 5.73 Å². The first-order valence-corrected chi connectivity index (χ1v) is 7.77. The lowest BCUT2D eigenvalue weighted by atomic mass is 9.68. The Labute approximate surface area is 119 Å². The van der Waals surface area contributed by atoms with Gasteiger partial charge in [0.25, 0.3) is 0 Å². The Morgan fingerprint density at radius 3 is 2.37 bits per heavy atom. The number of ether oxygens (including phenoxy) is 2. The van der Waals surface area contributed by atoms with Crippen molar-refractivity contribution in [3.63, 3.8) is 0 Å². The minimum absolute atomic E-state index is 0.280. The van der Waals surface area contributed by atoms with E-state index in [4.69, 9.17) is 15.2 Å². The lowest BCUT2D eigenvalue weighted by Crippen LogP contribution is -2.40. The third-order valence-electron chi connectivity index (χ3n) is 4.32. The molecule has 0 bridgehead atoms. The van der Waals surface area contributed by atoms with Gasteiger partial charge in [0.05, 0.1) is 25.4 Å². The van der Waals surface area contributed by atoms with Crippen LogP contribution in [0.5, 0.6) is 0 Å². The highest BCUT2D eigenvalue weighted by molar-refractivity contribution is 4.86. The van der Waals surface area contributed by atoms with Crippen LogP contribution in [0.3, 0.4) is 0 Å². The van der Waals surface area contributed by atoms with Gasteiger partial charge in [-0.1, -0.05) is 20.8 Å². The Morgan fingerprint density at radius 1 is 1.16 bits per heavy atom. The minimum atomic E-state index is 0.280. The van der Waals surface area contributed by atoms with Crippen molar-refractivity contribution >= 4 is 0 Å². The Kier molecular flexibility index (Phi) is 6.78. The second kappa shape index (κ2) is 7.61. The molecule has 1 fully saturated rings. The summed E-state index contributed by atoms with van der Waals surface area (Å²) in [4.78, 5) is 0. The van der Waals surface area contributed by atoms with Crippen LogP contribution in [-0.4, -0.2) is 32.0 Å². The van der Waals surface area contributed by atoms with Gasteiger partial charge >= 0.3 is 0 Å². The van der Waals surface area contributed by atoms with Gasteiger partial charge in [-0.25, -0.2) is 0 Å². The van der Waals surface area contributed by atoms with Gasteiger partial charge in [-0.3, -0.25) is 0 Å². The molecule has 1 saturated carbocycles. The van der Waals surface area contributed by atoms with Gasteiger partial charge in [-0.05, 0) is 56.9 Å². The molecule has 1 aliphatic carbocycles. The maximum Gasteiger partial charge on any atom is 0.0704 e. The van der Waals surface area contributed by atoms with E-state index in [1.54, 1.807) is 0 Å². The summed E-state index contributed by atoms with van der Waals surface area (Å²) in [6, 6.07) is 0. The van der Waals surface area contributed by atoms with Crippen molar-refractivity contribution in [1.29, 1.82) is 0 Å². The van der Waals surface area contributed by atoms with Gasteiger partial charge in [0, 0.05) is 0 Å². The molecule has 3 nitrogen and oxygen atoms in total. The largest absolute Gasteiger partial charge is 0.376 e. The van der Waals surface area contributed by atoms with Crippen LogP contribution in [-0.2, 0) is 9.47 Å². The van der Waals surface area contributed by atoms with E-state index in [0.717, 1.165) is 18.9 Å². The third-order valence-corrected chi connectivity index (χ3v) is 4.32. The molecule has 19 heavy (non-hydrogen) atoms. The molecule has 0 spiro atoms. The van der Waals surface area contributed by atoms with Gasteiger partial charge in [-0.2, -0.15) is 0 Å². The molecule has 0 aliphatic heterocycles. The molecule has 0 aromatic heterocycles. The normalized spacial score (nSPS) is 28.9. The van der Waals surface area contributed by atoms with E-state index in [1.165, 1.54) is 12.8 Å². The SMILES string of the molecule is CC(C)OCCOC1CC(C(C)(C)C)CCC1CN. The van der Waals surface area contributed by atoms with E-state index < -0.39 is 0 Å². The zero-order valence-corrected chi connectivity index (χ0v) is 13.4. The average molecular weight is 271 g/mol. The molecule has 3 heteroatoms. The Balaban J connectivity index is 2.42. The van der Waals surface area contributed by atoms with Crippen LogP contribution in [0.4, 0.5) is 0 Å². The fraction of sp³-hybridized carbons (Fsp3) is 1.00. The summed E-state index contributed by atoms with van der Waals surface area (Å²) >= 11 is 0. The average Bonchev–Trinajstić information content (AvgIpc) is 2.33. The van der Waals surface area contributed by atoms with Crippen LogP contribution in [0.2, 0.25) is 0 Å². The van der Waals surface area contributed by atoms with Crippen LogP contribution in [0.15, 0.2) is 0 Å². The highest BCUT2D eigenvalue weighted by Gasteiger charge is 2.35. The first-order valence-electron chi connectivity index (χ1n) is 7.77. The molecule has 0 aromatic carbocycles. The summed E-state index contributed by atoms with van der Waals surface area (Å²) in [6.07, 6.45) is 4.23. The molecule has 1 rings (SSSR count). The van der Waals surface area contributed by atoms with E-state index in [0.29, 0.717) is 30.7 Å². The summed E-state index contributed by atoms with van der Waals surface area (Å²) in [5.41, 5.74) is 6.26. The van der Waals surface area contributed by atoms with E-state index >= 15 is 0 Å². The first-order chi connectivity index (χ1) is 8.84. The summed E-state index contributed by atoms with van der Waals surface area (Å²) < 4.78 is 11.6. The van der Waals surface area contributed by atoms with E-state index in [-0.39, 0.29) is 6.10 Å². The minimum Gasteiger partial charge on any atom is -0.376 e. The van der Waals surface area contributed by atoms with Gasteiger partial charge in [0.2, 0.25) is 0 Å². The Bertz CT molecular complexity index is 248. The van der Waals surface area contributed by atoms with Crippen LogP contribution in [0, 0.1) is 17.3 Å². The molecule has 2 N–H and O–H groups in total. The number of rotatable bonds is 6. The topological polar surface area (TPSA) is 44.5 Å². The highest BCUT2D eigenvalue weighted by atomic mass is 16.5. The maximum absolute atomic E-state index is 6.06. The quantitative estimate of drug-likeness (QED) is 0.754. The summed E-state index contributed by atoms with van der Waals surface area (Å²) in [5.74, 6) is 1.27. The smallest absolute Gasteiger partial charge is 0.0704 e. The van der Waals surface area contributed by atoms with Crippen molar-refractivity contribution in [3.8, 4) is 0 Å². The highest BCUT2D eigenvalue weighted by Crippen LogP contribution is 2.40. The molecule has 3 atom stereocenters. The second-order valence-corrected chi connectivity index (χ2v) is 7.20. The van der Waals surface area contributed by atoms with Crippen molar-refractivity contribution in [2.45, 2.75) is 66.1 Å². The standard InChI is InChI=1S/C16H33NO2/c1-12(2)18-8-9-19-15-10-14(16(3,4)5)7-6-13(15)11-17/h12-15H,6-11,17H2,1-5H3. The summed E-state index contributed by atoms with van der Waals surface area (Å²) in [6.45, 7) is 13.2. The van der Waals surface area contributed by atoms with Crippen molar-refractivity contribution in [2.24, 2.45) is 23.0 Å². The Hall–Kier alpha value is -0.120. The number of hydrogen-bond acceptors (Lipinski definition) is 3. The van der Waals surface area contributed by atoms with Crippen molar-refractivity contribution in [3.05, 3.63) is 0 Å². The van der Waals surface area contributed by atoms with Crippen molar-refractivity contribution in [1.82, 2.24) is 0 Å². The van der Waals surface area contributed by atoms with E-state index in [2.05, 4.69) is 34.6 Å². The zero-order chi connectivity index (χ0) is 14.5. The molecule has 0 radical (unpaired) electrons. The van der Waals surface area contributed by atoms with Gasteiger partial charge in [-0.15, -0.1) is 0 Å². The predicted octanol–water partition coefficient (Wildman–Crippen LogP) is 3.22. The fourth-order valence-electron chi connectivity index (χ4n) is 2.94. The molecule has 0 aromatic rings. The number of hydrogen-bond donors (Lipinski definition) is 1. The van der Waals surface area contributed by atoms with Gasteiger partial charge in [0.1, 0.15) is 0 Å². The van der Waals surface area contributed by atoms with Gasteiger partial charge < -0.3 is 15.2 Å². The van der Waals surface area contributed by atoms with E-state index in [9.17, 15) is 0 Å². The second-order valence-electron chi connectivity index (χ2n) is 7.20. The van der Waals surface area contributed by atoms with Crippen LogP contribution >= 0.6 is 0 Å². The summed E-state index contributed by atoms with van der Waals surface area (Å²) in [7, 11) is 0. The monoisotopic (exact) mass is 271 g/mol. The molecule has 0 saturated heterocycles. The molecule has 1 aliphatic rings. The molecule has 0 heterocycles. The lowest BCUT2D eigenvalue weighted by Gasteiger charge is -2.41. The first kappa shape index (κ1) is 16.9. The molecule has 3 unspecified atom stereocenters. The van der Waals surface area contributed by atoms with Crippen molar-refractivity contribution in [2.75, 3.05) is 19.8 Å². The molecular weight excluding hydrogens is 238 g/mol. The fourth-order valence-corrected chi connectivity index (χ4v) is 2.94. The molecular formula is C16H33NO2. The molecule has 114 valence electrons. The predicted molar refractivity (Wildman–Crippen MR) is 80.2 cm³/mol. The summed E-state index contributed by atoms with van der Waals surface area (Å²) in [5, 5.41) is 0. The van der Waals surface area contributed by atoms with Crippen LogP contribution in [0.1, 0.15) is 53.9 Å². The van der Waals surface area contributed by atoms with E-state index in [1.807, 2.05) is 0 Å².